The fraction of sp³-hybridized carbons (Fsp3) is 0.0455. The standard InChI is InChI=1S/C22H18N4O2/c1-28-21-10-6-5-9-19(21)24-22(27)17-11-13-18(14-12-17)26-20(15-23-25-26)16-7-3-2-4-8-16/h2-15H,1H3,(H,24,27). The van der Waals surface area contributed by atoms with Crippen molar-refractivity contribution in [3.8, 4) is 22.7 Å². The Bertz CT molecular complexity index is 1090. The maximum Gasteiger partial charge on any atom is 0.255 e. The molecule has 1 heterocycles. The number of para-hydroxylation sites is 2. The minimum atomic E-state index is -0.210. The van der Waals surface area contributed by atoms with E-state index in [-0.39, 0.29) is 5.91 Å². The average Bonchev–Trinajstić information content (AvgIpc) is 3.25. The van der Waals surface area contributed by atoms with E-state index in [1.54, 1.807) is 42.3 Å². The average molecular weight is 370 g/mol. The Kier molecular flexibility index (Phi) is 4.84. The fourth-order valence-corrected chi connectivity index (χ4v) is 2.93. The van der Waals surface area contributed by atoms with Gasteiger partial charge in [0.1, 0.15) is 5.75 Å². The van der Waals surface area contributed by atoms with Crippen molar-refractivity contribution >= 4 is 11.6 Å². The number of hydrogen-bond donors (Lipinski definition) is 1. The minimum absolute atomic E-state index is 0.210. The number of hydrogen-bond acceptors (Lipinski definition) is 4. The van der Waals surface area contributed by atoms with Gasteiger partial charge < -0.3 is 10.1 Å². The van der Waals surface area contributed by atoms with E-state index in [9.17, 15) is 4.79 Å². The Labute approximate surface area is 162 Å². The van der Waals surface area contributed by atoms with Gasteiger partial charge in [0.25, 0.3) is 5.91 Å². The van der Waals surface area contributed by atoms with E-state index >= 15 is 0 Å². The molecule has 0 fully saturated rings. The van der Waals surface area contributed by atoms with Crippen molar-refractivity contribution in [1.82, 2.24) is 15.0 Å². The molecule has 1 aromatic heterocycles. The molecule has 0 aliphatic heterocycles. The lowest BCUT2D eigenvalue weighted by molar-refractivity contribution is 0.102. The Morgan fingerprint density at radius 3 is 2.39 bits per heavy atom. The summed E-state index contributed by atoms with van der Waals surface area (Å²) in [6.07, 6.45) is 1.72. The fourth-order valence-electron chi connectivity index (χ4n) is 2.93. The first kappa shape index (κ1) is 17.5. The van der Waals surface area contributed by atoms with Gasteiger partial charge in [0.2, 0.25) is 0 Å². The molecule has 6 heteroatoms. The van der Waals surface area contributed by atoms with Gasteiger partial charge in [-0.3, -0.25) is 4.79 Å². The van der Waals surface area contributed by atoms with Crippen molar-refractivity contribution in [2.45, 2.75) is 0 Å². The van der Waals surface area contributed by atoms with E-state index in [1.165, 1.54) is 0 Å². The largest absolute Gasteiger partial charge is 0.495 e. The summed E-state index contributed by atoms with van der Waals surface area (Å²) in [4.78, 5) is 12.6. The second kappa shape index (κ2) is 7.75. The van der Waals surface area contributed by atoms with Crippen molar-refractivity contribution in [1.29, 1.82) is 0 Å². The molecule has 0 spiro atoms. The lowest BCUT2D eigenvalue weighted by Gasteiger charge is -2.10. The lowest BCUT2D eigenvalue weighted by Crippen LogP contribution is -2.12. The maximum absolute atomic E-state index is 12.6. The van der Waals surface area contributed by atoms with E-state index in [0.717, 1.165) is 16.9 Å². The number of anilines is 1. The zero-order valence-electron chi connectivity index (χ0n) is 15.2. The van der Waals surface area contributed by atoms with Crippen molar-refractivity contribution in [3.63, 3.8) is 0 Å². The summed E-state index contributed by atoms with van der Waals surface area (Å²) in [5.41, 5.74) is 3.89. The number of ether oxygens (including phenoxy) is 1. The normalized spacial score (nSPS) is 10.5. The van der Waals surface area contributed by atoms with Crippen LogP contribution >= 0.6 is 0 Å². The van der Waals surface area contributed by atoms with Crippen LogP contribution in [-0.4, -0.2) is 28.0 Å². The molecular formula is C22H18N4O2. The summed E-state index contributed by atoms with van der Waals surface area (Å²) in [5, 5.41) is 11.1. The molecule has 0 aliphatic rings. The van der Waals surface area contributed by atoms with Gasteiger partial charge >= 0.3 is 0 Å². The summed E-state index contributed by atoms with van der Waals surface area (Å²) >= 11 is 0. The molecule has 0 saturated carbocycles. The van der Waals surface area contributed by atoms with E-state index in [1.807, 2.05) is 54.6 Å². The van der Waals surface area contributed by atoms with Gasteiger partial charge in [0, 0.05) is 11.1 Å². The van der Waals surface area contributed by atoms with Gasteiger partial charge in [-0.2, -0.15) is 0 Å². The second-order valence-electron chi connectivity index (χ2n) is 6.10. The molecule has 0 radical (unpaired) electrons. The maximum atomic E-state index is 12.6. The number of amides is 1. The molecule has 0 atom stereocenters. The molecule has 4 rings (SSSR count). The van der Waals surface area contributed by atoms with Crippen LogP contribution in [0.25, 0.3) is 16.9 Å². The molecule has 3 aromatic carbocycles. The highest BCUT2D eigenvalue weighted by Crippen LogP contribution is 2.24. The molecular weight excluding hydrogens is 352 g/mol. The number of rotatable bonds is 5. The number of nitrogens with zero attached hydrogens (tertiary/aromatic N) is 3. The van der Waals surface area contributed by atoms with E-state index in [0.29, 0.717) is 17.0 Å². The third kappa shape index (κ3) is 3.48. The minimum Gasteiger partial charge on any atom is -0.495 e. The van der Waals surface area contributed by atoms with Crippen LogP contribution in [0.1, 0.15) is 10.4 Å². The number of carbonyl (C=O) groups excluding carboxylic acids is 1. The van der Waals surface area contributed by atoms with E-state index in [2.05, 4.69) is 15.6 Å². The predicted molar refractivity (Wildman–Crippen MR) is 108 cm³/mol. The first-order valence-electron chi connectivity index (χ1n) is 8.77. The third-order valence-electron chi connectivity index (χ3n) is 4.35. The molecule has 138 valence electrons. The van der Waals surface area contributed by atoms with Gasteiger partial charge in [0.15, 0.2) is 0 Å². The van der Waals surface area contributed by atoms with Crippen molar-refractivity contribution in [2.75, 3.05) is 12.4 Å². The van der Waals surface area contributed by atoms with Gasteiger partial charge in [-0.25, -0.2) is 4.68 Å². The zero-order valence-corrected chi connectivity index (χ0v) is 15.2. The highest BCUT2D eigenvalue weighted by Gasteiger charge is 2.12. The van der Waals surface area contributed by atoms with Gasteiger partial charge in [-0.1, -0.05) is 47.7 Å². The molecule has 4 aromatic rings. The Balaban J connectivity index is 1.57. The number of nitrogens with one attached hydrogen (secondary N) is 1. The van der Waals surface area contributed by atoms with E-state index < -0.39 is 0 Å². The molecule has 0 aliphatic carbocycles. The monoisotopic (exact) mass is 370 g/mol. The quantitative estimate of drug-likeness (QED) is 0.572. The number of methoxy groups -OCH3 is 1. The van der Waals surface area contributed by atoms with Crippen LogP contribution in [0.2, 0.25) is 0 Å². The van der Waals surface area contributed by atoms with Crippen LogP contribution in [0.3, 0.4) is 0 Å². The van der Waals surface area contributed by atoms with Crippen LogP contribution in [-0.2, 0) is 0 Å². The Morgan fingerprint density at radius 1 is 0.929 bits per heavy atom. The molecule has 0 saturated heterocycles. The highest BCUT2D eigenvalue weighted by molar-refractivity contribution is 6.05. The third-order valence-corrected chi connectivity index (χ3v) is 4.35. The Morgan fingerprint density at radius 2 is 1.64 bits per heavy atom. The molecule has 1 amide bonds. The van der Waals surface area contributed by atoms with Crippen LogP contribution in [0.4, 0.5) is 5.69 Å². The second-order valence-corrected chi connectivity index (χ2v) is 6.10. The molecule has 28 heavy (non-hydrogen) atoms. The lowest BCUT2D eigenvalue weighted by atomic mass is 10.1. The summed E-state index contributed by atoms with van der Waals surface area (Å²) in [5.74, 6) is 0.403. The zero-order chi connectivity index (χ0) is 19.3. The van der Waals surface area contributed by atoms with Crippen molar-refractivity contribution in [2.24, 2.45) is 0 Å². The van der Waals surface area contributed by atoms with Crippen molar-refractivity contribution in [3.05, 3.63) is 90.6 Å². The summed E-state index contributed by atoms with van der Waals surface area (Å²) in [6.45, 7) is 0. The topological polar surface area (TPSA) is 69.0 Å². The van der Waals surface area contributed by atoms with Gasteiger partial charge in [-0.15, -0.1) is 5.10 Å². The van der Waals surface area contributed by atoms with Crippen LogP contribution in [0.15, 0.2) is 85.1 Å². The number of aromatic nitrogens is 3. The van der Waals surface area contributed by atoms with E-state index in [4.69, 9.17) is 4.74 Å². The SMILES string of the molecule is COc1ccccc1NC(=O)c1ccc(-n2nncc2-c2ccccc2)cc1. The van der Waals surface area contributed by atoms with Crippen LogP contribution in [0, 0.1) is 0 Å². The summed E-state index contributed by atoms with van der Waals surface area (Å²) in [6, 6.07) is 24.4. The highest BCUT2D eigenvalue weighted by atomic mass is 16.5. The smallest absolute Gasteiger partial charge is 0.255 e. The first-order chi connectivity index (χ1) is 13.8. The first-order valence-corrected chi connectivity index (χ1v) is 8.77. The molecule has 6 nitrogen and oxygen atoms in total. The van der Waals surface area contributed by atoms with Gasteiger partial charge in [0.05, 0.1) is 30.4 Å². The van der Waals surface area contributed by atoms with Crippen LogP contribution in [0.5, 0.6) is 5.75 Å². The summed E-state index contributed by atoms with van der Waals surface area (Å²) < 4.78 is 7.02. The number of benzene rings is 3. The molecule has 0 bridgehead atoms. The van der Waals surface area contributed by atoms with Gasteiger partial charge in [-0.05, 0) is 36.4 Å². The number of carbonyl (C=O) groups is 1. The summed E-state index contributed by atoms with van der Waals surface area (Å²) in [7, 11) is 1.57. The molecule has 1 N–H and O–H groups in total. The van der Waals surface area contributed by atoms with Crippen molar-refractivity contribution < 1.29 is 9.53 Å². The predicted octanol–water partition coefficient (Wildman–Crippen LogP) is 4.20. The van der Waals surface area contributed by atoms with Crippen LogP contribution < -0.4 is 10.1 Å². The Hall–Kier alpha value is -3.93. The molecule has 0 unspecified atom stereocenters.